The molecule has 150 valence electrons. The van der Waals surface area contributed by atoms with E-state index in [0.29, 0.717) is 0 Å². The van der Waals surface area contributed by atoms with Gasteiger partial charge in [-0.2, -0.15) is 0 Å². The molecule has 0 spiro atoms. The summed E-state index contributed by atoms with van der Waals surface area (Å²) in [6, 6.07) is 6.11. The first-order valence-corrected chi connectivity index (χ1v) is 9.85. The number of ketones is 1. The van der Waals surface area contributed by atoms with Crippen molar-refractivity contribution >= 4 is 28.7 Å². The van der Waals surface area contributed by atoms with Crippen LogP contribution in [0.3, 0.4) is 0 Å². The van der Waals surface area contributed by atoms with E-state index in [2.05, 4.69) is 30.9 Å². The van der Waals surface area contributed by atoms with Crippen LogP contribution in [-0.2, 0) is 14.3 Å². The number of nitrogen functional groups attached to an aromatic ring is 1. The maximum Gasteiger partial charge on any atom is 0.313 e. The van der Waals surface area contributed by atoms with E-state index in [1.54, 1.807) is 0 Å². The zero-order valence-corrected chi connectivity index (χ0v) is 17.2. The van der Waals surface area contributed by atoms with E-state index in [0.717, 1.165) is 61.3 Å². The Balaban J connectivity index is 2.80. The van der Waals surface area contributed by atoms with Gasteiger partial charge in [0.2, 0.25) is 0 Å². The van der Waals surface area contributed by atoms with Crippen LogP contribution in [0.5, 0.6) is 0 Å². The van der Waals surface area contributed by atoms with Gasteiger partial charge in [0.15, 0.2) is 0 Å². The number of rotatable bonds is 12. The van der Waals surface area contributed by atoms with E-state index in [4.69, 9.17) is 10.5 Å². The summed E-state index contributed by atoms with van der Waals surface area (Å²) < 4.78 is 5.05. The van der Waals surface area contributed by atoms with Gasteiger partial charge in [-0.3, -0.25) is 9.59 Å². The second-order valence-corrected chi connectivity index (χ2v) is 6.92. The van der Waals surface area contributed by atoms with Crippen molar-refractivity contribution in [3.63, 3.8) is 0 Å². The topological polar surface area (TPSA) is 72.6 Å². The summed E-state index contributed by atoms with van der Waals surface area (Å²) in [7, 11) is 0. The molecule has 0 saturated carbocycles. The number of unbranched alkanes of at least 4 members (excludes halogenated alkanes) is 2. The lowest BCUT2D eigenvalue weighted by Crippen LogP contribution is -2.26. The van der Waals surface area contributed by atoms with Gasteiger partial charge in [0.25, 0.3) is 0 Å². The number of carbonyl (C=O) groups is 2. The second kappa shape index (κ2) is 12.2. The van der Waals surface area contributed by atoms with Crippen LogP contribution in [0, 0.1) is 0 Å². The summed E-state index contributed by atoms with van der Waals surface area (Å²) in [4.78, 5) is 24.7. The van der Waals surface area contributed by atoms with E-state index < -0.39 is 5.97 Å². The van der Waals surface area contributed by atoms with E-state index in [1.165, 1.54) is 6.92 Å². The van der Waals surface area contributed by atoms with Crippen molar-refractivity contribution in [2.75, 3.05) is 30.3 Å². The van der Waals surface area contributed by atoms with Gasteiger partial charge in [-0.05, 0) is 56.0 Å². The normalized spacial score (nSPS) is 11.3. The number of hydrogen-bond donors (Lipinski definition) is 1. The molecule has 0 heterocycles. The Morgan fingerprint density at radius 3 is 2.26 bits per heavy atom. The van der Waals surface area contributed by atoms with E-state index >= 15 is 0 Å². The first-order chi connectivity index (χ1) is 12.9. The van der Waals surface area contributed by atoms with E-state index in [-0.39, 0.29) is 18.8 Å². The highest BCUT2D eigenvalue weighted by Crippen LogP contribution is 2.28. The molecule has 0 unspecified atom stereocenters. The first kappa shape index (κ1) is 22.7. The minimum Gasteiger partial charge on any atom is -0.461 e. The lowest BCUT2D eigenvalue weighted by atomic mass is 10.0. The molecule has 0 aliphatic carbocycles. The summed E-state index contributed by atoms with van der Waals surface area (Å²) in [6.07, 6.45) is 6.26. The number of nitrogens with zero attached hydrogens (tertiary/aromatic N) is 1. The number of benzene rings is 1. The maximum absolute atomic E-state index is 11.4. The van der Waals surface area contributed by atoms with Gasteiger partial charge in [-0.1, -0.05) is 32.8 Å². The zero-order chi connectivity index (χ0) is 20.2. The minimum absolute atomic E-state index is 0.152. The quantitative estimate of drug-likeness (QED) is 0.329. The van der Waals surface area contributed by atoms with Gasteiger partial charge >= 0.3 is 5.97 Å². The molecule has 1 rings (SSSR count). The van der Waals surface area contributed by atoms with E-state index in [1.807, 2.05) is 19.1 Å². The average Bonchev–Trinajstić information content (AvgIpc) is 2.61. The fraction of sp³-hybridized carbons (Fsp3) is 0.545. The molecular weight excluding hydrogens is 340 g/mol. The van der Waals surface area contributed by atoms with Crippen molar-refractivity contribution in [3.05, 3.63) is 29.8 Å². The summed E-state index contributed by atoms with van der Waals surface area (Å²) >= 11 is 0. The Bertz CT molecular complexity index is 645. The van der Waals surface area contributed by atoms with Crippen molar-refractivity contribution in [2.24, 2.45) is 0 Å². The SMILES string of the molecule is CCCCN(CCCC)c1ccc(/C(C)=C/COC(=O)CC(C)=O)cc1N. The van der Waals surface area contributed by atoms with Crippen LogP contribution < -0.4 is 10.6 Å². The van der Waals surface area contributed by atoms with Crippen LogP contribution in [0.15, 0.2) is 24.3 Å². The van der Waals surface area contributed by atoms with Crippen molar-refractivity contribution < 1.29 is 14.3 Å². The fourth-order valence-electron chi connectivity index (χ4n) is 2.77. The molecule has 2 N–H and O–H groups in total. The molecule has 0 saturated heterocycles. The molecule has 27 heavy (non-hydrogen) atoms. The van der Waals surface area contributed by atoms with Crippen LogP contribution in [0.1, 0.15) is 65.4 Å². The Labute approximate surface area is 163 Å². The van der Waals surface area contributed by atoms with Gasteiger partial charge in [-0.15, -0.1) is 0 Å². The smallest absolute Gasteiger partial charge is 0.313 e. The fourth-order valence-corrected chi connectivity index (χ4v) is 2.77. The minimum atomic E-state index is -0.496. The zero-order valence-electron chi connectivity index (χ0n) is 17.2. The predicted molar refractivity (Wildman–Crippen MR) is 113 cm³/mol. The Morgan fingerprint density at radius 2 is 1.74 bits per heavy atom. The molecule has 0 radical (unpaired) electrons. The first-order valence-electron chi connectivity index (χ1n) is 9.85. The summed E-state index contributed by atoms with van der Waals surface area (Å²) in [6.45, 7) is 9.90. The maximum atomic E-state index is 11.4. The van der Waals surface area contributed by atoms with Gasteiger partial charge < -0.3 is 15.4 Å². The third-order valence-corrected chi connectivity index (χ3v) is 4.41. The molecule has 5 heteroatoms. The molecule has 0 bridgehead atoms. The molecule has 1 aromatic carbocycles. The average molecular weight is 375 g/mol. The van der Waals surface area contributed by atoms with Crippen LogP contribution in [0.2, 0.25) is 0 Å². The molecular formula is C22H34N2O3. The largest absolute Gasteiger partial charge is 0.461 e. The lowest BCUT2D eigenvalue weighted by molar-refractivity contribution is -0.144. The highest BCUT2D eigenvalue weighted by Gasteiger charge is 2.11. The van der Waals surface area contributed by atoms with Crippen molar-refractivity contribution in [2.45, 2.75) is 59.8 Å². The number of Topliss-reactive ketones (excluding diaryl/α,β-unsaturated/α-hetero) is 1. The van der Waals surface area contributed by atoms with E-state index in [9.17, 15) is 9.59 Å². The number of allylic oxidation sites excluding steroid dienone is 1. The molecule has 0 aliphatic rings. The molecule has 5 nitrogen and oxygen atoms in total. The summed E-state index contributed by atoms with van der Waals surface area (Å²) in [5, 5.41) is 0. The molecule has 0 amide bonds. The summed E-state index contributed by atoms with van der Waals surface area (Å²) in [5.41, 5.74) is 10.2. The van der Waals surface area contributed by atoms with Gasteiger partial charge in [-0.25, -0.2) is 0 Å². The Morgan fingerprint density at radius 1 is 1.11 bits per heavy atom. The Kier molecular flexibility index (Phi) is 10.2. The third-order valence-electron chi connectivity index (χ3n) is 4.41. The number of esters is 1. The van der Waals surface area contributed by atoms with Crippen molar-refractivity contribution in [3.8, 4) is 0 Å². The standard InChI is InChI=1S/C22H34N2O3/c1-5-7-12-24(13-8-6-2)21-10-9-19(16-20(21)23)17(3)11-14-27-22(26)15-18(4)25/h9-11,16H,5-8,12-15,23H2,1-4H3/b17-11+. The number of ether oxygens (including phenoxy) is 1. The molecule has 0 atom stereocenters. The Hall–Kier alpha value is -2.30. The number of carbonyl (C=O) groups excluding carboxylic acids is 2. The van der Waals surface area contributed by atoms with Crippen molar-refractivity contribution in [1.29, 1.82) is 0 Å². The monoisotopic (exact) mass is 374 g/mol. The second-order valence-electron chi connectivity index (χ2n) is 6.92. The van der Waals surface area contributed by atoms with Crippen LogP contribution in [0.4, 0.5) is 11.4 Å². The summed E-state index contributed by atoms with van der Waals surface area (Å²) in [5.74, 6) is -0.691. The molecule has 0 aliphatic heterocycles. The molecule has 0 fully saturated rings. The van der Waals surface area contributed by atoms with Crippen LogP contribution in [-0.4, -0.2) is 31.4 Å². The third kappa shape index (κ3) is 8.29. The van der Waals surface area contributed by atoms with Crippen molar-refractivity contribution in [1.82, 2.24) is 0 Å². The predicted octanol–water partition coefficient (Wildman–Crippen LogP) is 4.60. The van der Waals surface area contributed by atoms with Gasteiger partial charge in [0.1, 0.15) is 18.8 Å². The van der Waals surface area contributed by atoms with Gasteiger partial charge in [0.05, 0.1) is 11.4 Å². The molecule has 0 aromatic heterocycles. The number of anilines is 2. The highest BCUT2D eigenvalue weighted by atomic mass is 16.5. The highest BCUT2D eigenvalue weighted by molar-refractivity contribution is 5.94. The van der Waals surface area contributed by atoms with Crippen LogP contribution >= 0.6 is 0 Å². The lowest BCUT2D eigenvalue weighted by Gasteiger charge is -2.26. The number of hydrogen-bond acceptors (Lipinski definition) is 5. The van der Waals surface area contributed by atoms with Crippen LogP contribution in [0.25, 0.3) is 5.57 Å². The number of nitrogens with two attached hydrogens (primary N) is 1. The van der Waals surface area contributed by atoms with Gasteiger partial charge in [0, 0.05) is 13.1 Å². The molecule has 1 aromatic rings.